The summed E-state index contributed by atoms with van der Waals surface area (Å²) in [7, 11) is 0. The van der Waals surface area contributed by atoms with Crippen LogP contribution < -0.4 is 0 Å². The maximum absolute atomic E-state index is 10.8. The van der Waals surface area contributed by atoms with Crippen molar-refractivity contribution in [2.24, 2.45) is 5.92 Å². The van der Waals surface area contributed by atoms with Gasteiger partial charge in [-0.1, -0.05) is 6.92 Å². The summed E-state index contributed by atoms with van der Waals surface area (Å²) in [4.78, 5) is 13.3. The highest BCUT2D eigenvalue weighted by Gasteiger charge is 2.33. The fourth-order valence-electron chi connectivity index (χ4n) is 3.33. The van der Waals surface area contributed by atoms with Crippen molar-refractivity contribution in [3.8, 4) is 0 Å². The summed E-state index contributed by atoms with van der Waals surface area (Å²) in [5.74, 6) is 0.234. The molecule has 0 amide bonds. The lowest BCUT2D eigenvalue weighted by atomic mass is 9.86. The highest BCUT2D eigenvalue weighted by atomic mass is 16.4. The van der Waals surface area contributed by atoms with Gasteiger partial charge in [-0.05, 0) is 51.0 Å². The van der Waals surface area contributed by atoms with Gasteiger partial charge in [-0.2, -0.15) is 0 Å². The molecule has 3 heteroatoms. The van der Waals surface area contributed by atoms with E-state index in [1.54, 1.807) is 0 Å². The Morgan fingerprint density at radius 3 is 2.56 bits per heavy atom. The largest absolute Gasteiger partial charge is 0.481 e. The van der Waals surface area contributed by atoms with Crippen LogP contribution in [0.25, 0.3) is 0 Å². The first kappa shape index (κ1) is 11.9. The van der Waals surface area contributed by atoms with Crippen LogP contribution >= 0.6 is 0 Å². The van der Waals surface area contributed by atoms with E-state index in [9.17, 15) is 4.79 Å². The highest BCUT2D eigenvalue weighted by molar-refractivity contribution is 5.67. The molecule has 92 valence electrons. The maximum Gasteiger partial charge on any atom is 0.304 e. The molecule has 1 saturated heterocycles. The normalized spacial score (nSPS) is 36.4. The molecular formula is C13H23NO2. The van der Waals surface area contributed by atoms with E-state index >= 15 is 0 Å². The van der Waals surface area contributed by atoms with Crippen molar-refractivity contribution >= 4 is 5.97 Å². The third kappa shape index (κ3) is 2.76. The summed E-state index contributed by atoms with van der Waals surface area (Å²) in [6.45, 7) is 3.45. The number of carboxylic acids is 1. The van der Waals surface area contributed by atoms with E-state index in [1.807, 2.05) is 0 Å². The summed E-state index contributed by atoms with van der Waals surface area (Å²) >= 11 is 0. The van der Waals surface area contributed by atoms with Crippen molar-refractivity contribution in [1.29, 1.82) is 0 Å². The number of aliphatic carboxylic acids is 1. The maximum atomic E-state index is 10.8. The molecule has 2 aliphatic rings. The molecule has 0 spiro atoms. The molecule has 16 heavy (non-hydrogen) atoms. The Morgan fingerprint density at radius 2 is 1.94 bits per heavy atom. The quantitative estimate of drug-likeness (QED) is 0.802. The van der Waals surface area contributed by atoms with Crippen molar-refractivity contribution in [3.63, 3.8) is 0 Å². The molecule has 0 aromatic carbocycles. The van der Waals surface area contributed by atoms with Gasteiger partial charge in [0, 0.05) is 12.1 Å². The first-order valence-corrected chi connectivity index (χ1v) is 6.64. The van der Waals surface area contributed by atoms with Gasteiger partial charge in [0.15, 0.2) is 0 Å². The Labute approximate surface area is 97.8 Å². The smallest absolute Gasteiger partial charge is 0.304 e. The van der Waals surface area contributed by atoms with Crippen molar-refractivity contribution in [3.05, 3.63) is 0 Å². The number of hydrogen-bond donors (Lipinski definition) is 1. The number of likely N-dealkylation sites (tertiary alicyclic amines) is 1. The predicted octanol–water partition coefficient (Wildman–Crippen LogP) is 2.50. The van der Waals surface area contributed by atoms with Crippen LogP contribution in [0.5, 0.6) is 0 Å². The van der Waals surface area contributed by atoms with Crippen molar-refractivity contribution in [2.75, 3.05) is 6.54 Å². The van der Waals surface area contributed by atoms with Gasteiger partial charge >= 0.3 is 5.97 Å². The molecule has 1 N–H and O–H groups in total. The van der Waals surface area contributed by atoms with Crippen LogP contribution in [0.4, 0.5) is 0 Å². The molecule has 3 nitrogen and oxygen atoms in total. The molecule has 0 radical (unpaired) electrons. The standard InChI is InChI=1S/C13H23NO2/c1-10-4-6-11(7-5-10)14-8-2-3-12(14)9-13(15)16/h10-12H,2-9H2,1H3,(H,15,16). The molecule has 1 heterocycles. The Morgan fingerprint density at radius 1 is 1.25 bits per heavy atom. The van der Waals surface area contributed by atoms with E-state index in [4.69, 9.17) is 5.11 Å². The third-order valence-electron chi connectivity index (χ3n) is 4.29. The Hall–Kier alpha value is -0.570. The lowest BCUT2D eigenvalue weighted by Crippen LogP contribution is -2.41. The second-order valence-electron chi connectivity index (χ2n) is 5.55. The lowest BCUT2D eigenvalue weighted by molar-refractivity contribution is -0.138. The van der Waals surface area contributed by atoms with Gasteiger partial charge in [0.1, 0.15) is 0 Å². The summed E-state index contributed by atoms with van der Waals surface area (Å²) in [6, 6.07) is 0.985. The first-order valence-electron chi connectivity index (χ1n) is 6.64. The lowest BCUT2D eigenvalue weighted by Gasteiger charge is -2.36. The van der Waals surface area contributed by atoms with E-state index in [-0.39, 0.29) is 0 Å². The summed E-state index contributed by atoms with van der Waals surface area (Å²) in [6.07, 6.45) is 7.80. The van der Waals surface area contributed by atoms with Crippen LogP contribution in [-0.2, 0) is 4.79 Å². The minimum absolute atomic E-state index is 0.316. The van der Waals surface area contributed by atoms with Gasteiger partial charge in [-0.3, -0.25) is 9.69 Å². The molecule has 0 aromatic rings. The molecule has 2 fully saturated rings. The molecule has 0 bridgehead atoms. The van der Waals surface area contributed by atoms with Gasteiger partial charge in [-0.25, -0.2) is 0 Å². The van der Waals surface area contributed by atoms with Crippen LogP contribution in [0.1, 0.15) is 51.9 Å². The van der Waals surface area contributed by atoms with Crippen molar-refractivity contribution in [2.45, 2.75) is 64.0 Å². The SMILES string of the molecule is CC1CCC(N2CCCC2CC(=O)O)CC1. The average Bonchev–Trinajstić information content (AvgIpc) is 2.66. The Balaban J connectivity index is 1.89. The summed E-state index contributed by atoms with van der Waals surface area (Å²) < 4.78 is 0. The molecule has 2 rings (SSSR count). The van der Waals surface area contributed by atoms with Gasteiger partial charge in [-0.15, -0.1) is 0 Å². The molecule has 1 saturated carbocycles. The number of carbonyl (C=O) groups is 1. The molecular weight excluding hydrogens is 202 g/mol. The minimum atomic E-state index is -0.638. The van der Waals surface area contributed by atoms with Crippen LogP contribution in [0, 0.1) is 5.92 Å². The summed E-state index contributed by atoms with van der Waals surface area (Å²) in [5.41, 5.74) is 0. The predicted molar refractivity (Wildman–Crippen MR) is 63.4 cm³/mol. The van der Waals surface area contributed by atoms with E-state index in [0.29, 0.717) is 18.5 Å². The number of nitrogens with zero attached hydrogens (tertiary/aromatic N) is 1. The zero-order chi connectivity index (χ0) is 11.5. The second-order valence-corrected chi connectivity index (χ2v) is 5.55. The molecule has 1 aliphatic carbocycles. The number of rotatable bonds is 3. The molecule has 1 unspecified atom stereocenters. The number of carboxylic acid groups (broad SMARTS) is 1. The van der Waals surface area contributed by atoms with Crippen LogP contribution in [-0.4, -0.2) is 34.6 Å². The minimum Gasteiger partial charge on any atom is -0.481 e. The van der Waals surface area contributed by atoms with E-state index in [0.717, 1.165) is 18.9 Å². The Kier molecular flexibility index (Phi) is 3.85. The zero-order valence-corrected chi connectivity index (χ0v) is 10.2. The fourth-order valence-corrected chi connectivity index (χ4v) is 3.33. The van der Waals surface area contributed by atoms with E-state index < -0.39 is 5.97 Å². The van der Waals surface area contributed by atoms with Crippen LogP contribution in [0.2, 0.25) is 0 Å². The molecule has 1 aliphatic heterocycles. The molecule has 0 aromatic heterocycles. The number of hydrogen-bond acceptors (Lipinski definition) is 2. The topological polar surface area (TPSA) is 40.5 Å². The Bertz CT molecular complexity index is 246. The van der Waals surface area contributed by atoms with Gasteiger partial charge in [0.25, 0.3) is 0 Å². The highest BCUT2D eigenvalue weighted by Crippen LogP contribution is 2.32. The van der Waals surface area contributed by atoms with Crippen molar-refractivity contribution in [1.82, 2.24) is 4.90 Å². The second kappa shape index (κ2) is 5.17. The van der Waals surface area contributed by atoms with Gasteiger partial charge in [0.2, 0.25) is 0 Å². The van der Waals surface area contributed by atoms with E-state index in [2.05, 4.69) is 11.8 Å². The summed E-state index contributed by atoms with van der Waals surface area (Å²) in [5, 5.41) is 8.91. The van der Waals surface area contributed by atoms with Crippen LogP contribution in [0.15, 0.2) is 0 Å². The van der Waals surface area contributed by atoms with E-state index in [1.165, 1.54) is 32.1 Å². The van der Waals surface area contributed by atoms with Gasteiger partial charge < -0.3 is 5.11 Å². The monoisotopic (exact) mass is 225 g/mol. The fraction of sp³-hybridized carbons (Fsp3) is 0.923. The third-order valence-corrected chi connectivity index (χ3v) is 4.29. The molecule has 1 atom stereocenters. The average molecular weight is 225 g/mol. The van der Waals surface area contributed by atoms with Crippen LogP contribution in [0.3, 0.4) is 0 Å². The van der Waals surface area contributed by atoms with Crippen molar-refractivity contribution < 1.29 is 9.90 Å². The zero-order valence-electron chi connectivity index (χ0n) is 10.2. The first-order chi connectivity index (χ1) is 7.66. The van der Waals surface area contributed by atoms with Gasteiger partial charge in [0.05, 0.1) is 6.42 Å².